The number of ether oxygens (including phenoxy) is 3. The SMILES string of the molecule is FC(F)Oc1ccccc1OCC1CO1. The number of epoxide rings is 1. The van der Waals surface area contributed by atoms with Crippen LogP contribution in [0.4, 0.5) is 8.78 Å². The highest BCUT2D eigenvalue weighted by Gasteiger charge is 2.23. The summed E-state index contributed by atoms with van der Waals surface area (Å²) in [5.41, 5.74) is 0. The lowest BCUT2D eigenvalue weighted by molar-refractivity contribution is -0.0515. The van der Waals surface area contributed by atoms with Crippen molar-refractivity contribution in [2.45, 2.75) is 12.7 Å². The van der Waals surface area contributed by atoms with Gasteiger partial charge in [-0.2, -0.15) is 8.78 Å². The van der Waals surface area contributed by atoms with Gasteiger partial charge in [-0.25, -0.2) is 0 Å². The minimum atomic E-state index is -2.84. The Kier molecular flexibility index (Phi) is 3.01. The van der Waals surface area contributed by atoms with Gasteiger partial charge in [-0.15, -0.1) is 0 Å². The van der Waals surface area contributed by atoms with Crippen molar-refractivity contribution in [3.05, 3.63) is 24.3 Å². The van der Waals surface area contributed by atoms with Gasteiger partial charge in [0.2, 0.25) is 0 Å². The first-order valence-electron chi connectivity index (χ1n) is 4.54. The van der Waals surface area contributed by atoms with Crippen LogP contribution < -0.4 is 9.47 Å². The van der Waals surface area contributed by atoms with E-state index in [4.69, 9.17) is 9.47 Å². The van der Waals surface area contributed by atoms with Gasteiger partial charge < -0.3 is 14.2 Å². The third-order valence-corrected chi connectivity index (χ3v) is 1.89. The molecule has 82 valence electrons. The van der Waals surface area contributed by atoms with Crippen LogP contribution in [0.25, 0.3) is 0 Å². The van der Waals surface area contributed by atoms with E-state index in [9.17, 15) is 8.78 Å². The van der Waals surface area contributed by atoms with E-state index >= 15 is 0 Å². The summed E-state index contributed by atoms with van der Waals surface area (Å²) in [5, 5.41) is 0. The molecular weight excluding hydrogens is 206 g/mol. The number of halogens is 2. The number of hydrogen-bond donors (Lipinski definition) is 0. The second-order valence-electron chi connectivity index (χ2n) is 3.09. The van der Waals surface area contributed by atoms with E-state index in [-0.39, 0.29) is 11.9 Å². The number of hydrogen-bond acceptors (Lipinski definition) is 3. The van der Waals surface area contributed by atoms with E-state index in [1.54, 1.807) is 18.2 Å². The van der Waals surface area contributed by atoms with Crippen LogP contribution in [-0.2, 0) is 4.74 Å². The topological polar surface area (TPSA) is 31.0 Å². The van der Waals surface area contributed by atoms with Crippen LogP contribution in [0.15, 0.2) is 24.3 Å². The number of para-hydroxylation sites is 2. The number of benzene rings is 1. The molecule has 1 fully saturated rings. The molecule has 1 heterocycles. The van der Waals surface area contributed by atoms with Crippen LogP contribution in [0, 0.1) is 0 Å². The molecule has 0 saturated carbocycles. The molecule has 1 saturated heterocycles. The minimum absolute atomic E-state index is 0.0492. The van der Waals surface area contributed by atoms with E-state index in [0.717, 1.165) is 0 Å². The summed E-state index contributed by atoms with van der Waals surface area (Å²) in [6, 6.07) is 6.33. The van der Waals surface area contributed by atoms with Gasteiger partial charge in [-0.3, -0.25) is 0 Å². The van der Waals surface area contributed by atoms with Crippen LogP contribution >= 0.6 is 0 Å². The van der Waals surface area contributed by atoms with E-state index < -0.39 is 6.61 Å². The third-order valence-electron chi connectivity index (χ3n) is 1.89. The average molecular weight is 216 g/mol. The number of rotatable bonds is 5. The van der Waals surface area contributed by atoms with Gasteiger partial charge in [0.05, 0.1) is 6.61 Å². The summed E-state index contributed by atoms with van der Waals surface area (Å²) >= 11 is 0. The quantitative estimate of drug-likeness (QED) is 0.706. The fourth-order valence-electron chi connectivity index (χ4n) is 1.11. The lowest BCUT2D eigenvalue weighted by Crippen LogP contribution is -2.07. The van der Waals surface area contributed by atoms with E-state index in [1.807, 2.05) is 0 Å². The van der Waals surface area contributed by atoms with Crippen molar-refractivity contribution in [2.24, 2.45) is 0 Å². The smallest absolute Gasteiger partial charge is 0.387 e. The Hall–Kier alpha value is -1.36. The van der Waals surface area contributed by atoms with Gasteiger partial charge in [0.25, 0.3) is 0 Å². The molecule has 1 aromatic rings. The largest absolute Gasteiger partial charge is 0.487 e. The highest BCUT2D eigenvalue weighted by Crippen LogP contribution is 2.28. The molecule has 2 rings (SSSR count). The summed E-state index contributed by atoms with van der Waals surface area (Å²) in [6.45, 7) is -1.81. The molecule has 1 unspecified atom stereocenters. The van der Waals surface area contributed by atoms with Gasteiger partial charge >= 0.3 is 6.61 Å². The van der Waals surface area contributed by atoms with Crippen molar-refractivity contribution in [1.29, 1.82) is 0 Å². The van der Waals surface area contributed by atoms with Crippen molar-refractivity contribution in [2.75, 3.05) is 13.2 Å². The van der Waals surface area contributed by atoms with Crippen molar-refractivity contribution >= 4 is 0 Å². The molecule has 15 heavy (non-hydrogen) atoms. The van der Waals surface area contributed by atoms with E-state index in [0.29, 0.717) is 19.0 Å². The maximum absolute atomic E-state index is 12.0. The predicted molar refractivity (Wildman–Crippen MR) is 48.3 cm³/mol. The molecule has 1 aliphatic heterocycles. The second kappa shape index (κ2) is 4.44. The molecule has 0 spiro atoms. The Labute approximate surface area is 85.6 Å². The molecule has 0 aliphatic carbocycles. The Morgan fingerprint density at radius 3 is 2.60 bits per heavy atom. The van der Waals surface area contributed by atoms with E-state index in [1.165, 1.54) is 6.07 Å². The van der Waals surface area contributed by atoms with Gasteiger partial charge in [0, 0.05) is 0 Å². The first-order valence-corrected chi connectivity index (χ1v) is 4.54. The fourth-order valence-corrected chi connectivity index (χ4v) is 1.11. The van der Waals surface area contributed by atoms with Crippen LogP contribution in [0.1, 0.15) is 0 Å². The highest BCUT2D eigenvalue weighted by atomic mass is 19.3. The Bertz CT molecular complexity index is 326. The molecule has 1 aromatic carbocycles. The summed E-state index contributed by atoms with van der Waals surface area (Å²) < 4.78 is 38.5. The predicted octanol–water partition coefficient (Wildman–Crippen LogP) is 2.07. The van der Waals surface area contributed by atoms with Crippen molar-refractivity contribution in [1.82, 2.24) is 0 Å². The van der Waals surface area contributed by atoms with Gasteiger partial charge in [-0.05, 0) is 12.1 Å². The van der Waals surface area contributed by atoms with Gasteiger partial charge in [0.15, 0.2) is 11.5 Å². The van der Waals surface area contributed by atoms with Gasteiger partial charge in [0.1, 0.15) is 12.7 Å². The van der Waals surface area contributed by atoms with Crippen LogP contribution in [0.5, 0.6) is 11.5 Å². The van der Waals surface area contributed by atoms with Crippen LogP contribution in [0.3, 0.4) is 0 Å². The molecule has 0 amide bonds. The fraction of sp³-hybridized carbons (Fsp3) is 0.400. The standard InChI is InChI=1S/C10H10F2O3/c11-10(12)15-9-4-2-1-3-8(9)14-6-7-5-13-7/h1-4,7,10H,5-6H2. The lowest BCUT2D eigenvalue weighted by atomic mass is 10.3. The number of alkyl halides is 2. The second-order valence-corrected chi connectivity index (χ2v) is 3.09. The van der Waals surface area contributed by atoms with Crippen LogP contribution in [0.2, 0.25) is 0 Å². The normalized spacial score (nSPS) is 19.0. The van der Waals surface area contributed by atoms with Crippen molar-refractivity contribution < 1.29 is 23.0 Å². The molecule has 0 aromatic heterocycles. The summed E-state index contributed by atoms with van der Waals surface area (Å²) in [5.74, 6) is 0.362. The third kappa shape index (κ3) is 3.06. The summed E-state index contributed by atoms with van der Waals surface area (Å²) in [6.07, 6.45) is 0.0876. The molecule has 1 atom stereocenters. The molecule has 3 nitrogen and oxygen atoms in total. The highest BCUT2D eigenvalue weighted by molar-refractivity contribution is 5.39. The zero-order valence-electron chi connectivity index (χ0n) is 7.86. The average Bonchev–Trinajstić information content (AvgIpc) is 2.99. The zero-order chi connectivity index (χ0) is 10.7. The Morgan fingerprint density at radius 2 is 2.00 bits per heavy atom. The maximum Gasteiger partial charge on any atom is 0.387 e. The minimum Gasteiger partial charge on any atom is -0.487 e. The Morgan fingerprint density at radius 1 is 1.33 bits per heavy atom. The van der Waals surface area contributed by atoms with Crippen molar-refractivity contribution in [3.63, 3.8) is 0 Å². The summed E-state index contributed by atoms with van der Waals surface area (Å²) in [4.78, 5) is 0. The molecule has 0 bridgehead atoms. The molecular formula is C10H10F2O3. The van der Waals surface area contributed by atoms with Crippen LogP contribution in [-0.4, -0.2) is 25.9 Å². The van der Waals surface area contributed by atoms with Crippen molar-refractivity contribution in [3.8, 4) is 11.5 Å². The molecule has 1 aliphatic rings. The van der Waals surface area contributed by atoms with Gasteiger partial charge in [-0.1, -0.05) is 12.1 Å². The maximum atomic E-state index is 12.0. The first kappa shape index (κ1) is 10.2. The molecule has 5 heteroatoms. The first-order chi connectivity index (χ1) is 7.25. The monoisotopic (exact) mass is 216 g/mol. The Balaban J connectivity index is 1.99. The summed E-state index contributed by atoms with van der Waals surface area (Å²) in [7, 11) is 0. The zero-order valence-corrected chi connectivity index (χ0v) is 7.86. The van der Waals surface area contributed by atoms with E-state index in [2.05, 4.69) is 4.74 Å². The molecule has 0 N–H and O–H groups in total. The molecule has 0 radical (unpaired) electrons. The lowest BCUT2D eigenvalue weighted by Gasteiger charge is -2.10.